The Morgan fingerprint density at radius 1 is 1.03 bits per heavy atom. The predicted molar refractivity (Wildman–Crippen MR) is 114 cm³/mol. The van der Waals surface area contributed by atoms with E-state index < -0.39 is 38.0 Å². The fraction of sp³-hybridized carbons (Fsp3) is 0.304. The number of halogens is 4. The van der Waals surface area contributed by atoms with E-state index in [0.717, 1.165) is 0 Å². The number of pyridine rings is 1. The Morgan fingerprint density at radius 2 is 1.68 bits per heavy atom. The minimum atomic E-state index is -1.98. The Balaban J connectivity index is 2.30. The number of nitrogens with zero attached hydrogens (tertiary/aromatic N) is 1. The van der Waals surface area contributed by atoms with Gasteiger partial charge in [-0.05, 0) is 19.1 Å². The molecule has 3 aromatic rings. The predicted octanol–water partition coefficient (Wildman–Crippen LogP) is 6.01. The van der Waals surface area contributed by atoms with Crippen molar-refractivity contribution in [2.45, 2.75) is 6.92 Å². The summed E-state index contributed by atoms with van der Waals surface area (Å²) in [7, 11) is 0. The summed E-state index contributed by atoms with van der Waals surface area (Å²) in [6.45, 7) is -2.72. The molecule has 0 aliphatic heterocycles. The molecule has 164 valence electrons. The Hall–Kier alpha value is -2.80. The molecule has 2 aromatic carbocycles. The van der Waals surface area contributed by atoms with Gasteiger partial charge in [-0.1, -0.05) is 48.0 Å². The van der Waals surface area contributed by atoms with Crippen molar-refractivity contribution < 1.29 is 27.4 Å². The molecule has 0 aliphatic carbocycles. The van der Waals surface area contributed by atoms with E-state index in [1.54, 1.807) is 55.5 Å². The standard InChI is InChI=1S/C23H21ClF3NO3/c1-2-30-22(29)20-21(31-14-23(11-25,12-26)13-27)19(15-7-3-5-9-17(15)24)16-8-4-6-10-18(16)28-20/h3-10H,2,11-14H2,1H3. The largest absolute Gasteiger partial charge is 0.489 e. The zero-order chi connectivity index (χ0) is 22.4. The molecule has 0 aliphatic rings. The van der Waals surface area contributed by atoms with Crippen molar-refractivity contribution in [2.24, 2.45) is 5.41 Å². The zero-order valence-corrected chi connectivity index (χ0v) is 17.6. The molecule has 31 heavy (non-hydrogen) atoms. The van der Waals surface area contributed by atoms with Crippen molar-refractivity contribution in [1.82, 2.24) is 4.98 Å². The fourth-order valence-electron chi connectivity index (χ4n) is 3.05. The molecule has 0 radical (unpaired) electrons. The monoisotopic (exact) mass is 451 g/mol. The first-order valence-corrected chi connectivity index (χ1v) is 10.0. The quantitative estimate of drug-likeness (QED) is 0.374. The molecule has 0 amide bonds. The fourth-order valence-corrected chi connectivity index (χ4v) is 3.28. The average molecular weight is 452 g/mol. The van der Waals surface area contributed by atoms with Crippen molar-refractivity contribution in [2.75, 3.05) is 33.2 Å². The summed E-state index contributed by atoms with van der Waals surface area (Å²) < 4.78 is 51.2. The minimum absolute atomic E-state index is 0.0648. The Bertz CT molecular complexity index is 1060. The summed E-state index contributed by atoms with van der Waals surface area (Å²) in [5, 5.41) is 0.969. The zero-order valence-electron chi connectivity index (χ0n) is 16.8. The lowest BCUT2D eigenvalue weighted by Gasteiger charge is -2.26. The highest BCUT2D eigenvalue weighted by molar-refractivity contribution is 6.34. The van der Waals surface area contributed by atoms with Crippen LogP contribution in [0.2, 0.25) is 5.02 Å². The first-order chi connectivity index (χ1) is 15.0. The van der Waals surface area contributed by atoms with Gasteiger partial charge >= 0.3 is 5.97 Å². The molecule has 0 atom stereocenters. The number of fused-ring (bicyclic) bond motifs is 1. The van der Waals surface area contributed by atoms with Gasteiger partial charge in [-0.15, -0.1) is 0 Å². The number of ether oxygens (including phenoxy) is 2. The Kier molecular flexibility index (Phi) is 7.38. The molecule has 0 bridgehead atoms. The van der Waals surface area contributed by atoms with Crippen LogP contribution >= 0.6 is 11.6 Å². The van der Waals surface area contributed by atoms with Gasteiger partial charge in [-0.2, -0.15) is 0 Å². The van der Waals surface area contributed by atoms with Gasteiger partial charge in [-0.3, -0.25) is 13.2 Å². The van der Waals surface area contributed by atoms with Crippen LogP contribution in [0.4, 0.5) is 13.2 Å². The van der Waals surface area contributed by atoms with Gasteiger partial charge in [0.05, 0.1) is 17.5 Å². The molecular weight excluding hydrogens is 431 g/mol. The number of carbonyl (C=O) groups excluding carboxylic acids is 1. The highest BCUT2D eigenvalue weighted by Crippen LogP contribution is 2.42. The molecule has 0 unspecified atom stereocenters. The van der Waals surface area contributed by atoms with Crippen LogP contribution in [0.25, 0.3) is 22.0 Å². The third-order valence-electron chi connectivity index (χ3n) is 4.83. The summed E-state index contributed by atoms with van der Waals surface area (Å²) in [5.74, 6) is -0.840. The second kappa shape index (κ2) is 10.0. The number of benzene rings is 2. The lowest BCUT2D eigenvalue weighted by atomic mass is 9.94. The molecule has 8 heteroatoms. The maximum absolute atomic E-state index is 13.4. The third kappa shape index (κ3) is 4.61. The topological polar surface area (TPSA) is 48.4 Å². The lowest BCUT2D eigenvalue weighted by molar-refractivity contribution is 0.0468. The van der Waals surface area contributed by atoms with Crippen LogP contribution in [0.5, 0.6) is 5.75 Å². The van der Waals surface area contributed by atoms with Gasteiger partial charge in [0.1, 0.15) is 26.6 Å². The van der Waals surface area contributed by atoms with Gasteiger partial charge in [0, 0.05) is 21.5 Å². The Morgan fingerprint density at radius 3 is 2.32 bits per heavy atom. The van der Waals surface area contributed by atoms with Crippen molar-refractivity contribution in [3.8, 4) is 16.9 Å². The first kappa shape index (κ1) is 22.9. The molecule has 0 fully saturated rings. The number of esters is 1. The summed E-state index contributed by atoms with van der Waals surface area (Å²) in [4.78, 5) is 17.1. The number of para-hydroxylation sites is 1. The van der Waals surface area contributed by atoms with Crippen LogP contribution in [-0.2, 0) is 4.74 Å². The lowest BCUT2D eigenvalue weighted by Crippen LogP contribution is -2.36. The molecule has 1 heterocycles. The average Bonchev–Trinajstić information content (AvgIpc) is 2.80. The van der Waals surface area contributed by atoms with Crippen LogP contribution in [0.15, 0.2) is 48.5 Å². The maximum Gasteiger partial charge on any atom is 0.360 e. The van der Waals surface area contributed by atoms with E-state index in [1.807, 2.05) is 0 Å². The third-order valence-corrected chi connectivity index (χ3v) is 5.16. The van der Waals surface area contributed by atoms with Crippen LogP contribution in [0.3, 0.4) is 0 Å². The van der Waals surface area contributed by atoms with E-state index in [4.69, 9.17) is 21.1 Å². The highest BCUT2D eigenvalue weighted by atomic mass is 35.5. The van der Waals surface area contributed by atoms with Crippen molar-refractivity contribution in [3.63, 3.8) is 0 Å². The summed E-state index contributed by atoms with van der Waals surface area (Å²) in [5.41, 5.74) is -0.754. The number of rotatable bonds is 9. The van der Waals surface area contributed by atoms with E-state index in [0.29, 0.717) is 27.1 Å². The van der Waals surface area contributed by atoms with Crippen molar-refractivity contribution in [1.29, 1.82) is 0 Å². The van der Waals surface area contributed by atoms with Gasteiger partial charge in [0.2, 0.25) is 0 Å². The first-order valence-electron chi connectivity index (χ1n) is 9.65. The van der Waals surface area contributed by atoms with Crippen LogP contribution < -0.4 is 4.74 Å². The SMILES string of the molecule is CCOC(=O)c1nc2ccccc2c(-c2ccccc2Cl)c1OCC(CF)(CF)CF. The highest BCUT2D eigenvalue weighted by Gasteiger charge is 2.34. The smallest absolute Gasteiger partial charge is 0.360 e. The van der Waals surface area contributed by atoms with Crippen molar-refractivity contribution >= 4 is 28.5 Å². The second-order valence-corrected chi connectivity index (χ2v) is 7.48. The van der Waals surface area contributed by atoms with E-state index in [-0.39, 0.29) is 18.1 Å². The summed E-state index contributed by atoms with van der Waals surface area (Å²) >= 11 is 6.42. The molecule has 4 nitrogen and oxygen atoms in total. The van der Waals surface area contributed by atoms with Crippen LogP contribution in [0.1, 0.15) is 17.4 Å². The van der Waals surface area contributed by atoms with E-state index in [1.165, 1.54) is 0 Å². The van der Waals surface area contributed by atoms with Crippen LogP contribution in [0, 0.1) is 5.41 Å². The molecule has 0 N–H and O–H groups in total. The van der Waals surface area contributed by atoms with Gasteiger partial charge < -0.3 is 9.47 Å². The maximum atomic E-state index is 13.4. The number of hydrogen-bond donors (Lipinski definition) is 0. The van der Waals surface area contributed by atoms with E-state index >= 15 is 0 Å². The minimum Gasteiger partial charge on any atom is -0.489 e. The van der Waals surface area contributed by atoms with E-state index in [2.05, 4.69) is 4.98 Å². The van der Waals surface area contributed by atoms with Crippen LogP contribution in [-0.4, -0.2) is 44.2 Å². The summed E-state index contributed by atoms with van der Waals surface area (Å²) in [6.07, 6.45) is 0. The van der Waals surface area contributed by atoms with Crippen molar-refractivity contribution in [3.05, 3.63) is 59.2 Å². The number of carbonyl (C=O) groups is 1. The molecular formula is C23H21ClF3NO3. The Labute approximate surface area is 182 Å². The molecule has 3 rings (SSSR count). The van der Waals surface area contributed by atoms with Gasteiger partial charge in [0.25, 0.3) is 0 Å². The molecule has 0 spiro atoms. The number of alkyl halides is 3. The molecule has 1 aromatic heterocycles. The molecule has 0 saturated carbocycles. The van der Waals surface area contributed by atoms with Gasteiger partial charge in [0.15, 0.2) is 11.4 Å². The number of aromatic nitrogens is 1. The number of hydrogen-bond acceptors (Lipinski definition) is 4. The normalized spacial score (nSPS) is 11.5. The van der Waals surface area contributed by atoms with Gasteiger partial charge in [-0.25, -0.2) is 9.78 Å². The molecule has 0 saturated heterocycles. The second-order valence-electron chi connectivity index (χ2n) is 7.07. The summed E-state index contributed by atoms with van der Waals surface area (Å²) in [6, 6.07) is 13.9. The van der Waals surface area contributed by atoms with E-state index in [9.17, 15) is 18.0 Å².